The Balaban J connectivity index is 1.59. The van der Waals surface area contributed by atoms with Crippen LogP contribution in [0.2, 0.25) is 0 Å². The maximum atomic E-state index is 2.83. The van der Waals surface area contributed by atoms with Gasteiger partial charge in [0.2, 0.25) is 0 Å². The number of rotatable bonds is 0. The molecular formula is C30H48. The van der Waals surface area contributed by atoms with E-state index in [1.54, 1.807) is 0 Å². The van der Waals surface area contributed by atoms with Gasteiger partial charge in [-0.05, 0) is 108 Å². The minimum Gasteiger partial charge on any atom is -0.0874 e. The van der Waals surface area contributed by atoms with E-state index in [0.29, 0.717) is 32.5 Å². The van der Waals surface area contributed by atoms with Crippen LogP contribution < -0.4 is 0 Å². The van der Waals surface area contributed by atoms with E-state index >= 15 is 0 Å². The van der Waals surface area contributed by atoms with Gasteiger partial charge in [-0.15, -0.1) is 0 Å². The highest BCUT2D eigenvalue weighted by Gasteiger charge is 2.66. The Morgan fingerprint density at radius 2 is 1.50 bits per heavy atom. The molecule has 168 valence electrons. The molecule has 0 aromatic rings. The second-order valence-electron chi connectivity index (χ2n) is 14.8. The van der Waals surface area contributed by atoms with Crippen LogP contribution in [0.1, 0.15) is 113 Å². The molecule has 0 aromatic carbocycles. The molecule has 0 nitrogen and oxygen atoms in total. The van der Waals surface area contributed by atoms with Gasteiger partial charge in [0.1, 0.15) is 0 Å². The quantitative estimate of drug-likeness (QED) is 0.351. The summed E-state index contributed by atoms with van der Waals surface area (Å²) in [6, 6.07) is 0. The van der Waals surface area contributed by atoms with Gasteiger partial charge >= 0.3 is 0 Å². The van der Waals surface area contributed by atoms with E-state index in [1.165, 1.54) is 57.8 Å². The summed E-state index contributed by atoms with van der Waals surface area (Å²) in [6.45, 7) is 20.9. The maximum absolute atomic E-state index is 2.83. The minimum absolute atomic E-state index is 0.359. The zero-order valence-corrected chi connectivity index (χ0v) is 21.3. The predicted molar refractivity (Wildman–Crippen MR) is 129 cm³/mol. The van der Waals surface area contributed by atoms with Crippen molar-refractivity contribution in [2.45, 2.75) is 113 Å². The highest BCUT2D eigenvalue weighted by molar-refractivity contribution is 5.34. The van der Waals surface area contributed by atoms with Gasteiger partial charge in [0.25, 0.3) is 0 Å². The normalized spacial score (nSPS) is 53.6. The fourth-order valence-electron chi connectivity index (χ4n) is 10.1. The fraction of sp³-hybridized carbons (Fsp3) is 0.867. The van der Waals surface area contributed by atoms with Gasteiger partial charge in [-0.3, -0.25) is 0 Å². The van der Waals surface area contributed by atoms with Gasteiger partial charge in [0.05, 0.1) is 0 Å². The van der Waals surface area contributed by atoms with E-state index in [9.17, 15) is 0 Å². The Bertz CT molecular complexity index is 795. The van der Waals surface area contributed by atoms with Gasteiger partial charge in [-0.1, -0.05) is 79.2 Å². The Morgan fingerprint density at radius 3 is 2.23 bits per heavy atom. The molecule has 3 saturated carbocycles. The molecule has 0 aliphatic heterocycles. The van der Waals surface area contributed by atoms with Crippen molar-refractivity contribution in [1.29, 1.82) is 0 Å². The van der Waals surface area contributed by atoms with E-state index in [1.807, 2.05) is 5.57 Å². The van der Waals surface area contributed by atoms with Crippen molar-refractivity contribution in [1.82, 2.24) is 0 Å². The van der Waals surface area contributed by atoms with Crippen molar-refractivity contribution in [3.8, 4) is 0 Å². The van der Waals surface area contributed by atoms with Crippen molar-refractivity contribution in [2.24, 2.45) is 50.2 Å². The third-order valence-electron chi connectivity index (χ3n) is 12.3. The first-order valence-electron chi connectivity index (χ1n) is 13.2. The van der Waals surface area contributed by atoms with Gasteiger partial charge < -0.3 is 0 Å². The predicted octanol–water partition coefficient (Wildman–Crippen LogP) is 8.97. The standard InChI is InChI=1S/C30H48/c1-25(2)16-17-27(5)18-19-29(7)21(22(27)20-25)10-11-24-28(6)14-9-13-26(3,4)23(28)12-15-30(24,29)8/h9-10,13,22-24H,11-12,14-20H2,1-8H3/t22-,23-,24-,27-,28-,29+,30-/m0/s1. The molecule has 3 fully saturated rings. The SMILES string of the molecule is CC1(C)CC[C@@]2(C)CC[C@]3(C)C(=CC[C@H]4[C@@]5(C)CC=CC(C)(C)[C@@H]5CC[C@@]43C)[C@@H]2C1. The van der Waals surface area contributed by atoms with Crippen molar-refractivity contribution >= 4 is 0 Å². The van der Waals surface area contributed by atoms with Gasteiger partial charge in [-0.2, -0.15) is 0 Å². The summed E-state index contributed by atoms with van der Waals surface area (Å²) < 4.78 is 0. The number of allylic oxidation sites excluding steroid dienone is 4. The highest BCUT2D eigenvalue weighted by atomic mass is 14.7. The molecule has 0 bridgehead atoms. The summed E-state index contributed by atoms with van der Waals surface area (Å²) in [5.74, 6) is 2.50. The topological polar surface area (TPSA) is 0 Å². The van der Waals surface area contributed by atoms with Crippen LogP contribution in [-0.2, 0) is 0 Å². The molecule has 30 heavy (non-hydrogen) atoms. The van der Waals surface area contributed by atoms with Gasteiger partial charge in [-0.25, -0.2) is 0 Å². The van der Waals surface area contributed by atoms with Crippen LogP contribution in [0.5, 0.6) is 0 Å². The third kappa shape index (κ3) is 2.58. The lowest BCUT2D eigenvalue weighted by Gasteiger charge is -2.70. The Hall–Kier alpha value is -0.520. The first kappa shape index (κ1) is 21.3. The van der Waals surface area contributed by atoms with Gasteiger partial charge in [0, 0.05) is 0 Å². The molecule has 0 N–H and O–H groups in total. The lowest BCUT2D eigenvalue weighted by atomic mass is 9.34. The van der Waals surface area contributed by atoms with Crippen LogP contribution in [0.15, 0.2) is 23.8 Å². The number of hydrogen-bond donors (Lipinski definition) is 0. The minimum atomic E-state index is 0.359. The van der Waals surface area contributed by atoms with Gasteiger partial charge in [0.15, 0.2) is 0 Å². The summed E-state index contributed by atoms with van der Waals surface area (Å²) in [7, 11) is 0. The largest absolute Gasteiger partial charge is 0.0874 e. The summed E-state index contributed by atoms with van der Waals surface area (Å²) >= 11 is 0. The second kappa shape index (κ2) is 6.08. The van der Waals surface area contributed by atoms with E-state index in [0.717, 1.165) is 17.8 Å². The summed E-state index contributed by atoms with van der Waals surface area (Å²) in [5, 5.41) is 0. The molecule has 7 atom stereocenters. The average Bonchev–Trinajstić information content (AvgIpc) is 2.63. The zero-order chi connectivity index (χ0) is 21.8. The molecule has 0 aromatic heterocycles. The molecular weight excluding hydrogens is 360 g/mol. The van der Waals surface area contributed by atoms with Crippen molar-refractivity contribution < 1.29 is 0 Å². The molecule has 0 heteroatoms. The third-order valence-corrected chi connectivity index (χ3v) is 12.3. The van der Waals surface area contributed by atoms with Crippen LogP contribution in [0.3, 0.4) is 0 Å². The van der Waals surface area contributed by atoms with Crippen LogP contribution in [0.4, 0.5) is 0 Å². The van der Waals surface area contributed by atoms with E-state index in [4.69, 9.17) is 0 Å². The molecule has 0 heterocycles. The smallest absolute Gasteiger partial charge is 0.00565 e. The van der Waals surface area contributed by atoms with Crippen molar-refractivity contribution in [3.63, 3.8) is 0 Å². The molecule has 5 rings (SSSR count). The lowest BCUT2D eigenvalue weighted by Crippen LogP contribution is -2.62. The molecule has 0 unspecified atom stereocenters. The number of hydrogen-bond acceptors (Lipinski definition) is 0. The second-order valence-corrected chi connectivity index (χ2v) is 14.8. The Labute approximate surface area is 187 Å². The van der Waals surface area contributed by atoms with Crippen molar-refractivity contribution in [2.75, 3.05) is 0 Å². The fourth-order valence-corrected chi connectivity index (χ4v) is 10.1. The zero-order valence-electron chi connectivity index (χ0n) is 21.3. The van der Waals surface area contributed by atoms with Crippen LogP contribution in [0.25, 0.3) is 0 Å². The summed E-state index contributed by atoms with van der Waals surface area (Å²) in [6.07, 6.45) is 20.6. The maximum Gasteiger partial charge on any atom is -0.00565 e. The molecule has 0 saturated heterocycles. The van der Waals surface area contributed by atoms with Crippen molar-refractivity contribution in [3.05, 3.63) is 23.8 Å². The Morgan fingerprint density at radius 1 is 0.800 bits per heavy atom. The highest BCUT2D eigenvalue weighted by Crippen LogP contribution is 2.75. The van der Waals surface area contributed by atoms with E-state index in [2.05, 4.69) is 73.6 Å². The molecule has 0 spiro atoms. The first-order chi connectivity index (χ1) is 13.8. The molecule has 0 amide bonds. The molecule has 0 radical (unpaired) electrons. The lowest BCUT2D eigenvalue weighted by molar-refractivity contribution is -0.160. The van der Waals surface area contributed by atoms with Crippen LogP contribution in [0, 0.1) is 50.2 Å². The summed E-state index contributed by atoms with van der Waals surface area (Å²) in [4.78, 5) is 0. The van der Waals surface area contributed by atoms with Crippen LogP contribution in [-0.4, -0.2) is 0 Å². The average molecular weight is 409 g/mol. The summed E-state index contributed by atoms with van der Waals surface area (Å²) in [5.41, 5.74) is 4.68. The number of fused-ring (bicyclic) bond motifs is 7. The molecule has 5 aliphatic carbocycles. The monoisotopic (exact) mass is 408 g/mol. The first-order valence-corrected chi connectivity index (χ1v) is 13.2. The molecule has 5 aliphatic rings. The van der Waals surface area contributed by atoms with E-state index in [-0.39, 0.29) is 0 Å². The van der Waals surface area contributed by atoms with E-state index < -0.39 is 0 Å². The van der Waals surface area contributed by atoms with Crippen LogP contribution >= 0.6 is 0 Å². The Kier molecular flexibility index (Phi) is 4.32.